The zero-order valence-electron chi connectivity index (χ0n) is 27.4. The molecule has 0 saturated heterocycles. The Morgan fingerprint density at radius 1 is 0.909 bits per heavy atom. The van der Waals surface area contributed by atoms with E-state index in [1.807, 2.05) is 19.1 Å². The van der Waals surface area contributed by atoms with Crippen molar-refractivity contribution in [3.63, 3.8) is 0 Å². The molecule has 4 aromatic rings. The van der Waals surface area contributed by atoms with E-state index in [0.717, 1.165) is 51.8 Å². The number of hydrogen-bond donors (Lipinski definition) is 0. The summed E-state index contributed by atoms with van der Waals surface area (Å²) in [4.78, 5) is 12.3. The fraction of sp³-hybridized carbons (Fsp3) is 0.378. The number of ether oxygens (including phenoxy) is 2. The van der Waals surface area contributed by atoms with Gasteiger partial charge >= 0.3 is 5.97 Å². The molecule has 7 heteroatoms. The van der Waals surface area contributed by atoms with Crippen LogP contribution in [0.2, 0.25) is 0 Å². The second kappa shape index (κ2) is 12.6. The van der Waals surface area contributed by atoms with Gasteiger partial charge in [-0.3, -0.25) is 0 Å². The Morgan fingerprint density at radius 2 is 1.59 bits per heavy atom. The minimum atomic E-state index is -3.93. The molecule has 0 aliphatic rings. The molecule has 3 aromatic carbocycles. The first-order valence-electron chi connectivity index (χ1n) is 15.1. The number of fused-ring (bicyclic) bond motifs is 1. The highest BCUT2D eigenvalue weighted by molar-refractivity contribution is 7.90. The molecule has 0 fully saturated rings. The molecule has 234 valence electrons. The first kappa shape index (κ1) is 33.1. The summed E-state index contributed by atoms with van der Waals surface area (Å²) in [6, 6.07) is 18.4. The molecule has 6 nitrogen and oxygen atoms in total. The first-order valence-corrected chi connectivity index (χ1v) is 16.6. The fourth-order valence-electron chi connectivity index (χ4n) is 5.18. The van der Waals surface area contributed by atoms with Crippen LogP contribution in [0.5, 0.6) is 5.75 Å². The molecule has 44 heavy (non-hydrogen) atoms. The predicted molar refractivity (Wildman–Crippen MR) is 180 cm³/mol. The molecular formula is C37H45NO5S. The Morgan fingerprint density at radius 3 is 2.18 bits per heavy atom. The number of aromatic nitrogens is 1. The van der Waals surface area contributed by atoms with Gasteiger partial charge in [0.15, 0.2) is 0 Å². The first-order chi connectivity index (χ1) is 20.6. The van der Waals surface area contributed by atoms with Gasteiger partial charge in [0.05, 0.1) is 24.1 Å². The molecule has 0 N–H and O–H groups in total. The van der Waals surface area contributed by atoms with Crippen molar-refractivity contribution in [1.29, 1.82) is 0 Å². The molecule has 0 atom stereocenters. The number of esters is 1. The molecular weight excluding hydrogens is 570 g/mol. The third-order valence-corrected chi connectivity index (χ3v) is 9.55. The van der Waals surface area contributed by atoms with Crippen LogP contribution in [-0.2, 0) is 30.4 Å². The van der Waals surface area contributed by atoms with Crippen molar-refractivity contribution in [2.24, 2.45) is 0 Å². The van der Waals surface area contributed by atoms with Gasteiger partial charge in [0, 0.05) is 34.3 Å². The maximum Gasteiger partial charge on any atom is 0.330 e. The summed E-state index contributed by atoms with van der Waals surface area (Å²) in [5, 5.41) is 0.742. The van der Waals surface area contributed by atoms with E-state index in [9.17, 15) is 13.2 Å². The van der Waals surface area contributed by atoms with E-state index < -0.39 is 16.0 Å². The second-order valence-electron chi connectivity index (χ2n) is 13.3. The van der Waals surface area contributed by atoms with E-state index in [1.165, 1.54) is 17.2 Å². The van der Waals surface area contributed by atoms with Crippen LogP contribution in [0, 0.1) is 0 Å². The van der Waals surface area contributed by atoms with Crippen LogP contribution < -0.4 is 4.74 Å². The summed E-state index contributed by atoms with van der Waals surface area (Å²) in [5.41, 5.74) is 5.42. The van der Waals surface area contributed by atoms with Crippen molar-refractivity contribution in [2.45, 2.75) is 84.0 Å². The largest absolute Gasteiger partial charge is 0.493 e. The molecule has 0 bridgehead atoms. The molecule has 0 saturated carbocycles. The van der Waals surface area contributed by atoms with Crippen molar-refractivity contribution in [2.75, 3.05) is 13.7 Å². The third kappa shape index (κ3) is 6.78. The monoisotopic (exact) mass is 615 g/mol. The van der Waals surface area contributed by atoms with Crippen molar-refractivity contribution >= 4 is 32.5 Å². The van der Waals surface area contributed by atoms with E-state index in [1.54, 1.807) is 42.6 Å². The van der Waals surface area contributed by atoms with Crippen LogP contribution >= 0.6 is 0 Å². The lowest BCUT2D eigenvalue weighted by Gasteiger charge is -2.29. The molecule has 0 radical (unpaired) electrons. The minimum absolute atomic E-state index is 0.170. The standard InChI is InChI=1S/C37H45NO5S/c1-10-11-19-43-35-30(22-27(36(3,4)5)23-32(35)37(6,7)8)31-24-38(44(40,41)28-15-13-12-14-16-28)33-18-17-26(21-29(31)33)25(2)20-34(39)42-9/h12-18,20-24H,10-11,19H2,1-9H3/b25-20-. The van der Waals surface area contributed by atoms with E-state index in [2.05, 4.69) is 60.6 Å². The topological polar surface area (TPSA) is 74.6 Å². The van der Waals surface area contributed by atoms with Crippen LogP contribution in [0.25, 0.3) is 27.6 Å². The smallest absolute Gasteiger partial charge is 0.330 e. The third-order valence-electron chi connectivity index (χ3n) is 7.86. The SMILES string of the molecule is CCCCOc1c(-c2cn(S(=O)(=O)c3ccccc3)c3ccc(/C(C)=C\C(=O)OC)cc23)cc(C(C)(C)C)cc1C(C)(C)C. The Hall–Kier alpha value is -3.84. The number of unbranched alkanes of at least 4 members (excludes halogenated alkanes) is 1. The number of hydrogen-bond acceptors (Lipinski definition) is 5. The number of benzene rings is 3. The highest BCUT2D eigenvalue weighted by Gasteiger charge is 2.29. The van der Waals surface area contributed by atoms with Gasteiger partial charge in [-0.2, -0.15) is 0 Å². The van der Waals surface area contributed by atoms with Crippen LogP contribution in [0.15, 0.2) is 77.8 Å². The normalized spacial score (nSPS) is 12.9. The number of nitrogens with zero attached hydrogens (tertiary/aromatic N) is 1. The van der Waals surface area contributed by atoms with Gasteiger partial charge in [0.2, 0.25) is 0 Å². The summed E-state index contributed by atoms with van der Waals surface area (Å²) in [6.07, 6.45) is 5.05. The van der Waals surface area contributed by atoms with Gasteiger partial charge in [-0.25, -0.2) is 17.2 Å². The zero-order valence-corrected chi connectivity index (χ0v) is 28.3. The van der Waals surface area contributed by atoms with Crippen LogP contribution in [0.4, 0.5) is 0 Å². The van der Waals surface area contributed by atoms with Gasteiger partial charge in [0.25, 0.3) is 10.0 Å². The highest BCUT2D eigenvalue weighted by atomic mass is 32.2. The lowest BCUT2D eigenvalue weighted by Crippen LogP contribution is -2.19. The average molecular weight is 616 g/mol. The van der Waals surface area contributed by atoms with Gasteiger partial charge in [0.1, 0.15) is 5.75 Å². The molecule has 4 rings (SSSR count). The van der Waals surface area contributed by atoms with Crippen molar-refractivity contribution < 1.29 is 22.7 Å². The van der Waals surface area contributed by atoms with Crippen LogP contribution in [-0.4, -0.2) is 32.1 Å². The summed E-state index contributed by atoms with van der Waals surface area (Å²) in [7, 11) is -2.59. The predicted octanol–water partition coefficient (Wildman–Crippen LogP) is 8.90. The lowest BCUT2D eigenvalue weighted by molar-refractivity contribution is -0.134. The Bertz CT molecular complexity index is 1800. The fourth-order valence-corrected chi connectivity index (χ4v) is 6.57. The van der Waals surface area contributed by atoms with Gasteiger partial charge in [-0.1, -0.05) is 85.2 Å². The van der Waals surface area contributed by atoms with Gasteiger partial charge in [-0.05, 0) is 71.2 Å². The highest BCUT2D eigenvalue weighted by Crippen LogP contribution is 2.46. The van der Waals surface area contributed by atoms with E-state index in [-0.39, 0.29) is 15.7 Å². The summed E-state index contributed by atoms with van der Waals surface area (Å²) >= 11 is 0. The number of methoxy groups -OCH3 is 1. The quantitative estimate of drug-likeness (QED) is 0.107. The second-order valence-corrected chi connectivity index (χ2v) is 15.2. The van der Waals surface area contributed by atoms with Gasteiger partial charge < -0.3 is 9.47 Å². The number of carbonyl (C=O) groups excluding carboxylic acids is 1. The van der Waals surface area contributed by atoms with Crippen LogP contribution in [0.3, 0.4) is 0 Å². The van der Waals surface area contributed by atoms with Crippen molar-refractivity contribution in [1.82, 2.24) is 3.97 Å². The average Bonchev–Trinajstić information content (AvgIpc) is 3.36. The number of carbonyl (C=O) groups is 1. The molecule has 0 aliphatic carbocycles. The summed E-state index contributed by atoms with van der Waals surface area (Å²) in [6.45, 7) is 17.6. The molecule has 0 spiro atoms. The maximum atomic E-state index is 14.1. The Balaban J connectivity index is 2.15. The van der Waals surface area contributed by atoms with E-state index in [0.29, 0.717) is 17.7 Å². The lowest BCUT2D eigenvalue weighted by atomic mass is 9.78. The number of allylic oxidation sites excluding steroid dienone is 1. The molecule has 0 unspecified atom stereocenters. The molecule has 0 amide bonds. The van der Waals surface area contributed by atoms with E-state index in [4.69, 9.17) is 9.47 Å². The zero-order chi connectivity index (χ0) is 32.4. The summed E-state index contributed by atoms with van der Waals surface area (Å²) in [5.74, 6) is 0.314. The van der Waals surface area contributed by atoms with Crippen molar-refractivity contribution in [3.8, 4) is 16.9 Å². The Labute approximate surface area is 262 Å². The number of rotatable bonds is 9. The Kier molecular flexibility index (Phi) is 9.50. The summed E-state index contributed by atoms with van der Waals surface area (Å²) < 4.78 is 41.0. The van der Waals surface area contributed by atoms with Crippen molar-refractivity contribution in [3.05, 3.63) is 89.6 Å². The molecule has 1 aromatic heterocycles. The van der Waals surface area contributed by atoms with Gasteiger partial charge in [-0.15, -0.1) is 0 Å². The molecule has 1 heterocycles. The van der Waals surface area contributed by atoms with Crippen LogP contribution in [0.1, 0.15) is 84.9 Å². The maximum absolute atomic E-state index is 14.1. The molecule has 0 aliphatic heterocycles. The minimum Gasteiger partial charge on any atom is -0.493 e. The van der Waals surface area contributed by atoms with E-state index >= 15 is 0 Å².